The summed E-state index contributed by atoms with van der Waals surface area (Å²) < 4.78 is 5.49. The zero-order valence-electron chi connectivity index (χ0n) is 11.9. The molecule has 0 amide bonds. The first-order valence-corrected chi connectivity index (χ1v) is 8.68. The molecule has 0 aliphatic rings. The van der Waals surface area contributed by atoms with Crippen LogP contribution in [0.5, 0.6) is 0 Å². The molecule has 0 bridgehead atoms. The van der Waals surface area contributed by atoms with Crippen LogP contribution in [0.15, 0.2) is 5.51 Å². The molecule has 110 valence electrons. The maximum absolute atomic E-state index is 9.74. The van der Waals surface area contributed by atoms with E-state index in [1.165, 1.54) is 4.88 Å². The Morgan fingerprint density at radius 1 is 1.53 bits per heavy atom. The van der Waals surface area contributed by atoms with Gasteiger partial charge in [-0.1, -0.05) is 6.92 Å². The van der Waals surface area contributed by atoms with Crippen molar-refractivity contribution in [3.8, 4) is 0 Å². The van der Waals surface area contributed by atoms with Crippen LogP contribution in [-0.4, -0.2) is 54.0 Å². The highest BCUT2D eigenvalue weighted by Crippen LogP contribution is 2.12. The SMILES string of the molecule is CSC(C)CNCC(O)COCCc1scnc1C. The summed E-state index contributed by atoms with van der Waals surface area (Å²) in [4.78, 5) is 5.46. The molecule has 6 heteroatoms. The smallest absolute Gasteiger partial charge is 0.0897 e. The van der Waals surface area contributed by atoms with E-state index in [0.717, 1.165) is 18.7 Å². The quantitative estimate of drug-likeness (QED) is 0.645. The molecule has 1 heterocycles. The van der Waals surface area contributed by atoms with E-state index in [1.54, 1.807) is 11.3 Å². The molecule has 1 aromatic heterocycles. The van der Waals surface area contributed by atoms with E-state index in [-0.39, 0.29) is 0 Å². The van der Waals surface area contributed by atoms with Crippen molar-refractivity contribution in [3.63, 3.8) is 0 Å². The van der Waals surface area contributed by atoms with E-state index in [9.17, 15) is 5.11 Å². The van der Waals surface area contributed by atoms with Crippen molar-refractivity contribution in [1.82, 2.24) is 10.3 Å². The number of hydrogen-bond donors (Lipinski definition) is 2. The van der Waals surface area contributed by atoms with Crippen LogP contribution in [0.4, 0.5) is 0 Å². The maximum atomic E-state index is 9.74. The fourth-order valence-electron chi connectivity index (χ4n) is 1.55. The molecule has 0 aromatic carbocycles. The van der Waals surface area contributed by atoms with E-state index < -0.39 is 6.10 Å². The van der Waals surface area contributed by atoms with Gasteiger partial charge in [-0.05, 0) is 13.2 Å². The molecule has 0 fully saturated rings. The lowest BCUT2D eigenvalue weighted by molar-refractivity contribution is 0.0386. The molecule has 4 nitrogen and oxygen atoms in total. The number of hydrogen-bond acceptors (Lipinski definition) is 6. The standard InChI is InChI=1S/C13H24N2O2S2/c1-10(18-3)6-14-7-12(16)8-17-5-4-13-11(2)15-9-19-13/h9-10,12,14,16H,4-8H2,1-3H3. The number of thiazole rings is 1. The van der Waals surface area contributed by atoms with Gasteiger partial charge in [-0.15, -0.1) is 11.3 Å². The lowest BCUT2D eigenvalue weighted by atomic mass is 10.3. The van der Waals surface area contributed by atoms with Gasteiger partial charge in [-0.3, -0.25) is 0 Å². The number of aromatic nitrogens is 1. The lowest BCUT2D eigenvalue weighted by Gasteiger charge is -2.14. The Morgan fingerprint density at radius 3 is 2.95 bits per heavy atom. The zero-order chi connectivity index (χ0) is 14.1. The fraction of sp³-hybridized carbons (Fsp3) is 0.769. The summed E-state index contributed by atoms with van der Waals surface area (Å²) in [6, 6.07) is 0. The zero-order valence-corrected chi connectivity index (χ0v) is 13.5. The molecule has 0 aliphatic heterocycles. The van der Waals surface area contributed by atoms with Crippen molar-refractivity contribution in [3.05, 3.63) is 16.1 Å². The Bertz CT molecular complexity index is 347. The van der Waals surface area contributed by atoms with Crippen LogP contribution in [0, 0.1) is 6.92 Å². The summed E-state index contributed by atoms with van der Waals surface area (Å²) in [7, 11) is 0. The summed E-state index contributed by atoms with van der Waals surface area (Å²) in [5.41, 5.74) is 2.94. The number of aliphatic hydroxyl groups excluding tert-OH is 1. The summed E-state index contributed by atoms with van der Waals surface area (Å²) >= 11 is 3.48. The first kappa shape index (κ1) is 16.9. The van der Waals surface area contributed by atoms with Gasteiger partial charge in [-0.25, -0.2) is 4.98 Å². The topological polar surface area (TPSA) is 54.4 Å². The third-order valence-corrected chi connectivity index (χ3v) is 4.81. The van der Waals surface area contributed by atoms with Crippen molar-refractivity contribution in [2.24, 2.45) is 0 Å². The van der Waals surface area contributed by atoms with E-state index >= 15 is 0 Å². The number of nitrogens with one attached hydrogen (secondary N) is 1. The van der Waals surface area contributed by atoms with Crippen LogP contribution in [0.3, 0.4) is 0 Å². The molecular weight excluding hydrogens is 280 g/mol. The van der Waals surface area contributed by atoms with Gasteiger partial charge < -0.3 is 15.2 Å². The fourth-order valence-corrected chi connectivity index (χ4v) is 2.59. The lowest BCUT2D eigenvalue weighted by Crippen LogP contribution is -2.33. The Balaban J connectivity index is 2.01. The van der Waals surface area contributed by atoms with E-state index in [0.29, 0.717) is 25.0 Å². The monoisotopic (exact) mass is 304 g/mol. The molecule has 2 atom stereocenters. The molecule has 1 rings (SSSR count). The summed E-state index contributed by atoms with van der Waals surface area (Å²) in [6.45, 7) is 6.71. The van der Waals surface area contributed by atoms with Gasteiger partial charge in [0, 0.05) is 29.6 Å². The molecule has 0 saturated carbocycles. The predicted octanol–water partition coefficient (Wildman–Crippen LogP) is 1.71. The molecule has 0 spiro atoms. The van der Waals surface area contributed by atoms with Crippen molar-refractivity contribution >= 4 is 23.1 Å². The number of nitrogens with zero attached hydrogens (tertiary/aromatic N) is 1. The third-order valence-electron chi connectivity index (χ3n) is 2.84. The van der Waals surface area contributed by atoms with Gasteiger partial charge in [0.15, 0.2) is 0 Å². The minimum absolute atomic E-state index is 0.387. The van der Waals surface area contributed by atoms with Crippen LogP contribution < -0.4 is 5.32 Å². The van der Waals surface area contributed by atoms with E-state index in [2.05, 4.69) is 23.5 Å². The largest absolute Gasteiger partial charge is 0.389 e. The second kappa shape index (κ2) is 9.72. The van der Waals surface area contributed by atoms with Gasteiger partial charge in [-0.2, -0.15) is 11.8 Å². The van der Waals surface area contributed by atoms with E-state index in [4.69, 9.17) is 4.74 Å². The number of aryl methyl sites for hydroxylation is 1. The molecule has 0 radical (unpaired) electrons. The first-order chi connectivity index (χ1) is 9.13. The summed E-state index contributed by atoms with van der Waals surface area (Å²) in [6.07, 6.45) is 2.53. The molecule has 2 N–H and O–H groups in total. The Morgan fingerprint density at radius 2 is 2.32 bits per heavy atom. The first-order valence-electron chi connectivity index (χ1n) is 6.51. The second-order valence-corrected chi connectivity index (χ2v) is 6.76. The van der Waals surface area contributed by atoms with Crippen LogP contribution >= 0.6 is 23.1 Å². The Labute approximate surface area is 124 Å². The Hall–Kier alpha value is -0.140. The highest BCUT2D eigenvalue weighted by molar-refractivity contribution is 7.99. The Kier molecular flexibility index (Phi) is 8.65. The van der Waals surface area contributed by atoms with E-state index in [1.807, 2.05) is 24.2 Å². The predicted molar refractivity (Wildman–Crippen MR) is 83.2 cm³/mol. The number of thioether (sulfide) groups is 1. The normalized spacial score (nSPS) is 14.5. The van der Waals surface area contributed by atoms with Crippen molar-refractivity contribution < 1.29 is 9.84 Å². The molecule has 2 unspecified atom stereocenters. The summed E-state index contributed by atoms with van der Waals surface area (Å²) in [5.74, 6) is 0. The van der Waals surface area contributed by atoms with Gasteiger partial charge >= 0.3 is 0 Å². The van der Waals surface area contributed by atoms with Gasteiger partial charge in [0.1, 0.15) is 0 Å². The molecule has 19 heavy (non-hydrogen) atoms. The highest BCUT2D eigenvalue weighted by atomic mass is 32.2. The maximum Gasteiger partial charge on any atom is 0.0897 e. The minimum Gasteiger partial charge on any atom is -0.389 e. The van der Waals surface area contributed by atoms with Crippen LogP contribution in [0.1, 0.15) is 17.5 Å². The number of aliphatic hydroxyl groups is 1. The van der Waals surface area contributed by atoms with Crippen molar-refractivity contribution in [2.45, 2.75) is 31.6 Å². The minimum atomic E-state index is -0.434. The molecule has 0 saturated heterocycles. The average Bonchev–Trinajstić information content (AvgIpc) is 2.80. The average molecular weight is 304 g/mol. The van der Waals surface area contributed by atoms with Crippen molar-refractivity contribution in [1.29, 1.82) is 0 Å². The highest BCUT2D eigenvalue weighted by Gasteiger charge is 2.06. The van der Waals surface area contributed by atoms with Crippen LogP contribution in [-0.2, 0) is 11.2 Å². The summed E-state index contributed by atoms with van der Waals surface area (Å²) in [5, 5.41) is 13.6. The second-order valence-electron chi connectivity index (χ2n) is 4.54. The van der Waals surface area contributed by atoms with Crippen molar-refractivity contribution in [2.75, 3.05) is 32.6 Å². The van der Waals surface area contributed by atoms with Gasteiger partial charge in [0.2, 0.25) is 0 Å². The molecule has 0 aliphatic carbocycles. The van der Waals surface area contributed by atoms with Crippen LogP contribution in [0.2, 0.25) is 0 Å². The molecular formula is C13H24N2O2S2. The van der Waals surface area contributed by atoms with Gasteiger partial charge in [0.05, 0.1) is 30.5 Å². The third kappa shape index (κ3) is 7.27. The van der Waals surface area contributed by atoms with Crippen LogP contribution in [0.25, 0.3) is 0 Å². The number of rotatable bonds is 10. The van der Waals surface area contributed by atoms with Gasteiger partial charge in [0.25, 0.3) is 0 Å². The number of ether oxygens (including phenoxy) is 1. The molecule has 1 aromatic rings.